The van der Waals surface area contributed by atoms with Gasteiger partial charge in [-0.2, -0.15) is 4.52 Å². The van der Waals surface area contributed by atoms with E-state index in [1.54, 1.807) is 36.9 Å². The van der Waals surface area contributed by atoms with Crippen LogP contribution in [0.15, 0.2) is 65.8 Å². The van der Waals surface area contributed by atoms with E-state index in [1.807, 2.05) is 37.3 Å². The third-order valence-electron chi connectivity index (χ3n) is 6.68. The van der Waals surface area contributed by atoms with E-state index in [4.69, 9.17) is 24.5 Å². The van der Waals surface area contributed by atoms with Crippen LogP contribution in [0.5, 0.6) is 11.5 Å². The quantitative estimate of drug-likeness (QED) is 0.189. The Labute approximate surface area is 238 Å². The number of methoxy groups -OCH3 is 2. The SMILES string of the molecule is COc1cc2nc(SCC(=O)Nc3ccccc3F)n3nc(CCn4c(C)nc5ccccc54)nc3c2cc1OC. The molecule has 0 saturated carbocycles. The van der Waals surface area contributed by atoms with Gasteiger partial charge in [0.15, 0.2) is 28.1 Å². The first-order valence-corrected chi connectivity index (χ1v) is 13.8. The van der Waals surface area contributed by atoms with Crippen LogP contribution in [0.25, 0.3) is 27.6 Å². The average Bonchev–Trinajstić information content (AvgIpc) is 3.55. The predicted octanol–water partition coefficient (Wildman–Crippen LogP) is 5.07. The molecule has 3 aromatic heterocycles. The molecular formula is C29H26FN7O3S. The molecule has 208 valence electrons. The first kappa shape index (κ1) is 26.5. The van der Waals surface area contributed by atoms with Crippen LogP contribution in [-0.4, -0.2) is 55.0 Å². The van der Waals surface area contributed by atoms with Gasteiger partial charge >= 0.3 is 0 Å². The molecule has 0 unspecified atom stereocenters. The highest BCUT2D eigenvalue weighted by Crippen LogP contribution is 2.34. The number of aryl methyl sites for hydroxylation is 3. The second-order valence-corrected chi connectivity index (χ2v) is 10.2. The smallest absolute Gasteiger partial charge is 0.234 e. The summed E-state index contributed by atoms with van der Waals surface area (Å²) in [4.78, 5) is 27.0. The van der Waals surface area contributed by atoms with Crippen molar-refractivity contribution in [2.75, 3.05) is 25.3 Å². The van der Waals surface area contributed by atoms with Crippen molar-refractivity contribution in [3.05, 3.63) is 78.1 Å². The fourth-order valence-corrected chi connectivity index (χ4v) is 5.47. The van der Waals surface area contributed by atoms with Gasteiger partial charge in [-0.05, 0) is 37.3 Å². The van der Waals surface area contributed by atoms with Gasteiger partial charge in [-0.3, -0.25) is 4.79 Å². The Morgan fingerprint density at radius 2 is 1.73 bits per heavy atom. The van der Waals surface area contributed by atoms with Crippen molar-refractivity contribution < 1.29 is 18.7 Å². The molecule has 0 aliphatic carbocycles. The molecule has 3 heterocycles. The van der Waals surface area contributed by atoms with E-state index in [0.29, 0.717) is 46.6 Å². The highest BCUT2D eigenvalue weighted by atomic mass is 32.2. The van der Waals surface area contributed by atoms with Crippen molar-refractivity contribution in [2.24, 2.45) is 0 Å². The lowest BCUT2D eigenvalue weighted by atomic mass is 10.2. The normalized spacial score (nSPS) is 11.4. The van der Waals surface area contributed by atoms with Crippen LogP contribution in [0.1, 0.15) is 11.6 Å². The number of aromatic nitrogens is 6. The summed E-state index contributed by atoms with van der Waals surface area (Å²) in [5.41, 5.74) is 3.31. The van der Waals surface area contributed by atoms with Crippen LogP contribution in [0.3, 0.4) is 0 Å². The Morgan fingerprint density at radius 3 is 2.54 bits per heavy atom. The zero-order valence-corrected chi connectivity index (χ0v) is 23.4. The number of nitrogens with zero attached hydrogens (tertiary/aromatic N) is 6. The molecule has 0 spiro atoms. The topological polar surface area (TPSA) is 108 Å². The molecule has 3 aromatic carbocycles. The molecule has 12 heteroatoms. The number of hydrogen-bond donors (Lipinski definition) is 1. The molecule has 0 saturated heterocycles. The van der Waals surface area contributed by atoms with Crippen molar-refractivity contribution in [1.29, 1.82) is 0 Å². The van der Waals surface area contributed by atoms with Crippen molar-refractivity contribution in [3.63, 3.8) is 0 Å². The minimum absolute atomic E-state index is 0.00928. The lowest BCUT2D eigenvalue weighted by Gasteiger charge is -2.11. The number of imidazole rings is 1. The number of thioether (sulfide) groups is 1. The summed E-state index contributed by atoms with van der Waals surface area (Å²) < 4.78 is 28.8. The summed E-state index contributed by atoms with van der Waals surface area (Å²) in [5.74, 6) is 1.71. The van der Waals surface area contributed by atoms with Crippen LogP contribution < -0.4 is 14.8 Å². The molecule has 10 nitrogen and oxygen atoms in total. The summed E-state index contributed by atoms with van der Waals surface area (Å²) in [6.07, 6.45) is 0.551. The number of halogens is 1. The zero-order valence-electron chi connectivity index (χ0n) is 22.6. The number of hydrogen-bond acceptors (Lipinski definition) is 8. The highest BCUT2D eigenvalue weighted by Gasteiger charge is 2.19. The third-order valence-corrected chi connectivity index (χ3v) is 7.60. The number of amides is 1. The third kappa shape index (κ3) is 5.13. The second kappa shape index (κ2) is 11.0. The van der Waals surface area contributed by atoms with Gasteiger partial charge in [0.05, 0.1) is 42.2 Å². The summed E-state index contributed by atoms with van der Waals surface area (Å²) in [6, 6.07) is 17.6. The highest BCUT2D eigenvalue weighted by molar-refractivity contribution is 7.99. The van der Waals surface area contributed by atoms with Gasteiger partial charge in [0.2, 0.25) is 5.91 Å². The van der Waals surface area contributed by atoms with E-state index in [0.717, 1.165) is 22.2 Å². The largest absolute Gasteiger partial charge is 0.493 e. The minimum Gasteiger partial charge on any atom is -0.493 e. The Hall–Kier alpha value is -4.71. The van der Waals surface area contributed by atoms with E-state index in [-0.39, 0.29) is 17.3 Å². The summed E-state index contributed by atoms with van der Waals surface area (Å²) >= 11 is 1.18. The van der Waals surface area contributed by atoms with Crippen LogP contribution in [-0.2, 0) is 17.8 Å². The van der Waals surface area contributed by atoms with E-state index in [1.165, 1.54) is 23.9 Å². The van der Waals surface area contributed by atoms with E-state index >= 15 is 0 Å². The van der Waals surface area contributed by atoms with Crippen LogP contribution in [0, 0.1) is 12.7 Å². The molecule has 6 rings (SSSR count). The number of nitrogens with one attached hydrogen (secondary N) is 1. The van der Waals surface area contributed by atoms with Crippen LogP contribution in [0.4, 0.5) is 10.1 Å². The lowest BCUT2D eigenvalue weighted by Crippen LogP contribution is -2.15. The number of benzene rings is 3. The molecule has 6 aromatic rings. The van der Waals surface area contributed by atoms with E-state index in [2.05, 4.69) is 14.9 Å². The first-order valence-electron chi connectivity index (χ1n) is 12.9. The first-order chi connectivity index (χ1) is 19.9. The number of fused-ring (bicyclic) bond motifs is 4. The average molecular weight is 572 g/mol. The van der Waals surface area contributed by atoms with Gasteiger partial charge < -0.3 is 19.4 Å². The Kier molecular flexibility index (Phi) is 7.14. The number of ether oxygens (including phenoxy) is 2. The van der Waals surface area contributed by atoms with Crippen LogP contribution in [0.2, 0.25) is 0 Å². The Morgan fingerprint density at radius 1 is 0.976 bits per heavy atom. The van der Waals surface area contributed by atoms with Gasteiger partial charge in [0.1, 0.15) is 11.6 Å². The van der Waals surface area contributed by atoms with Gasteiger partial charge in [0.25, 0.3) is 0 Å². The number of anilines is 1. The lowest BCUT2D eigenvalue weighted by molar-refractivity contribution is -0.113. The van der Waals surface area contributed by atoms with E-state index < -0.39 is 5.82 Å². The summed E-state index contributed by atoms with van der Waals surface area (Å²) in [5, 5.41) is 8.57. The minimum atomic E-state index is -0.500. The maximum absolute atomic E-state index is 14.0. The molecule has 1 amide bonds. The monoisotopic (exact) mass is 571 g/mol. The maximum atomic E-state index is 14.0. The van der Waals surface area contributed by atoms with Crippen LogP contribution >= 0.6 is 11.8 Å². The molecule has 0 bridgehead atoms. The number of rotatable bonds is 9. The second-order valence-electron chi connectivity index (χ2n) is 9.25. The van der Waals surface area contributed by atoms with Gasteiger partial charge in [-0.1, -0.05) is 36.0 Å². The predicted molar refractivity (Wildman–Crippen MR) is 155 cm³/mol. The van der Waals surface area contributed by atoms with Crippen molar-refractivity contribution in [2.45, 2.75) is 25.0 Å². The summed E-state index contributed by atoms with van der Waals surface area (Å²) in [7, 11) is 3.13. The molecule has 0 atom stereocenters. The van der Waals surface area contributed by atoms with E-state index in [9.17, 15) is 9.18 Å². The van der Waals surface area contributed by atoms with Crippen molar-refractivity contribution in [1.82, 2.24) is 29.1 Å². The Balaban J connectivity index is 1.35. The van der Waals surface area contributed by atoms with Crippen molar-refractivity contribution >= 4 is 50.9 Å². The summed E-state index contributed by atoms with van der Waals surface area (Å²) in [6.45, 7) is 2.62. The number of carbonyl (C=O) groups excluding carboxylic acids is 1. The number of para-hydroxylation sites is 3. The molecule has 0 fully saturated rings. The molecule has 1 N–H and O–H groups in total. The fraction of sp³-hybridized carbons (Fsp3) is 0.207. The van der Waals surface area contributed by atoms with Gasteiger partial charge in [0, 0.05) is 24.4 Å². The molecule has 0 aliphatic rings. The van der Waals surface area contributed by atoms with Crippen molar-refractivity contribution in [3.8, 4) is 11.5 Å². The molecule has 41 heavy (non-hydrogen) atoms. The molecular weight excluding hydrogens is 545 g/mol. The standard InChI is InChI=1S/C29H26FN7O3S/c1-17-31-21-10-6-7-11-23(21)36(17)13-12-26-34-28-18-14-24(39-2)25(40-3)15-22(18)33-29(37(28)35-26)41-16-27(38)32-20-9-5-4-8-19(20)30/h4-11,14-15H,12-13,16H2,1-3H3,(H,32,38). The van der Waals surface area contributed by atoms with Gasteiger partial charge in [-0.15, -0.1) is 5.10 Å². The molecule has 0 radical (unpaired) electrons. The fourth-order valence-electron chi connectivity index (χ4n) is 4.72. The number of carbonyl (C=O) groups is 1. The maximum Gasteiger partial charge on any atom is 0.234 e. The molecule has 0 aliphatic heterocycles. The van der Waals surface area contributed by atoms with Gasteiger partial charge in [-0.25, -0.2) is 19.3 Å². The zero-order chi connectivity index (χ0) is 28.5. The Bertz CT molecular complexity index is 1920.